The number of carbonyl (C=O) groups is 3. The van der Waals surface area contributed by atoms with Gasteiger partial charge in [0.05, 0.1) is 11.5 Å². The van der Waals surface area contributed by atoms with Crippen LogP contribution in [0.3, 0.4) is 0 Å². The van der Waals surface area contributed by atoms with Gasteiger partial charge in [0.15, 0.2) is 0 Å². The number of amides is 1. The van der Waals surface area contributed by atoms with E-state index in [-0.39, 0.29) is 53.7 Å². The lowest BCUT2D eigenvalue weighted by molar-refractivity contribution is -0.195. The molecule has 8 nitrogen and oxygen atoms in total. The maximum Gasteiger partial charge on any atom is 0.431 e. The Labute approximate surface area is 193 Å². The molecule has 7 rings (SSSR count). The van der Waals surface area contributed by atoms with Gasteiger partial charge in [-0.2, -0.15) is 5.48 Å². The van der Waals surface area contributed by atoms with Crippen molar-refractivity contribution >= 4 is 18.0 Å². The molecule has 1 N–H and O–H groups in total. The lowest BCUT2D eigenvalue weighted by Gasteiger charge is -2.52. The second-order valence-corrected chi connectivity index (χ2v) is 11.7. The van der Waals surface area contributed by atoms with E-state index in [4.69, 9.17) is 19.0 Å². The van der Waals surface area contributed by atoms with Crippen molar-refractivity contribution in [3.63, 3.8) is 0 Å². The van der Waals surface area contributed by atoms with Crippen LogP contribution in [0.15, 0.2) is 12.2 Å². The minimum atomic E-state index is -0.614. The average Bonchev–Trinajstić information content (AvgIpc) is 3.35. The van der Waals surface area contributed by atoms with Crippen molar-refractivity contribution in [1.29, 1.82) is 0 Å². The summed E-state index contributed by atoms with van der Waals surface area (Å²) in [6, 6.07) is 0. The first-order valence-corrected chi connectivity index (χ1v) is 12.4. The molecule has 1 saturated heterocycles. The highest BCUT2D eigenvalue weighted by atomic mass is 16.7. The van der Waals surface area contributed by atoms with Gasteiger partial charge in [-0.3, -0.25) is 9.63 Å². The Hall–Kier alpha value is -2.09. The molecule has 0 spiro atoms. The van der Waals surface area contributed by atoms with Crippen molar-refractivity contribution in [2.45, 2.75) is 88.6 Å². The van der Waals surface area contributed by atoms with Crippen molar-refractivity contribution in [1.82, 2.24) is 5.48 Å². The zero-order valence-electron chi connectivity index (χ0n) is 19.3. The number of hydroxylamine groups is 1. The third-order valence-electron chi connectivity index (χ3n) is 9.75. The Balaban J connectivity index is 1.11. The van der Waals surface area contributed by atoms with E-state index in [1.165, 1.54) is 0 Å². The van der Waals surface area contributed by atoms with E-state index in [0.717, 1.165) is 51.4 Å². The standard InChI is InChI=1S/C25H33NO7/c1-12(2)21(27)32-24(3)15-4-5-25(10-13(6-15)7-16(24)11-25)33-26-23(29)31-19-14-8-17-18(9-14)22(28)30-20(17)19/h13-20H,1,4-11H2,2-3H3,(H,26,29)/t13?,14-,15?,16?,17?,18?,19?,20?,24?,25?/m0/s1. The highest BCUT2D eigenvalue weighted by Crippen LogP contribution is 2.59. The van der Waals surface area contributed by atoms with Crippen molar-refractivity contribution < 1.29 is 33.4 Å². The number of nitrogens with one attached hydrogen (secondary N) is 1. The van der Waals surface area contributed by atoms with Crippen molar-refractivity contribution in [2.75, 3.05) is 0 Å². The van der Waals surface area contributed by atoms with Crippen molar-refractivity contribution in [3.05, 3.63) is 12.2 Å². The van der Waals surface area contributed by atoms with Gasteiger partial charge < -0.3 is 14.2 Å². The van der Waals surface area contributed by atoms with E-state index in [1.807, 2.05) is 0 Å². The Kier molecular flexibility index (Phi) is 4.68. The van der Waals surface area contributed by atoms with Gasteiger partial charge in [0.25, 0.3) is 0 Å². The monoisotopic (exact) mass is 459 g/mol. The number of carbonyl (C=O) groups excluding carboxylic acids is 3. The van der Waals surface area contributed by atoms with Crippen LogP contribution in [-0.2, 0) is 28.6 Å². The van der Waals surface area contributed by atoms with E-state index >= 15 is 0 Å². The number of hydrogen-bond acceptors (Lipinski definition) is 7. The Morgan fingerprint density at radius 3 is 2.73 bits per heavy atom. The Morgan fingerprint density at radius 1 is 1.15 bits per heavy atom. The van der Waals surface area contributed by atoms with Gasteiger partial charge in [-0.05, 0) is 77.0 Å². The summed E-state index contributed by atoms with van der Waals surface area (Å²) in [5.74, 6) is 0.842. The van der Waals surface area contributed by atoms with E-state index in [1.54, 1.807) is 6.92 Å². The zero-order chi connectivity index (χ0) is 23.1. The molecule has 33 heavy (non-hydrogen) atoms. The summed E-state index contributed by atoms with van der Waals surface area (Å²) >= 11 is 0. The van der Waals surface area contributed by atoms with E-state index in [0.29, 0.717) is 11.5 Å². The molecule has 7 aliphatic rings. The average molecular weight is 460 g/mol. The summed E-state index contributed by atoms with van der Waals surface area (Å²) in [6.45, 7) is 7.48. The second kappa shape index (κ2) is 7.20. The molecule has 10 atom stereocenters. The molecule has 0 aromatic rings. The van der Waals surface area contributed by atoms with Crippen LogP contribution in [0.4, 0.5) is 4.79 Å². The summed E-state index contributed by atoms with van der Waals surface area (Å²) in [5, 5.41) is 0. The Bertz CT molecular complexity index is 918. The molecule has 7 fully saturated rings. The smallest absolute Gasteiger partial charge is 0.431 e. The van der Waals surface area contributed by atoms with E-state index < -0.39 is 17.3 Å². The minimum Gasteiger partial charge on any atom is -0.458 e. The van der Waals surface area contributed by atoms with Crippen LogP contribution in [-0.4, -0.2) is 41.4 Å². The lowest BCUT2D eigenvalue weighted by atomic mass is 9.59. The van der Waals surface area contributed by atoms with Gasteiger partial charge in [-0.15, -0.1) is 0 Å². The summed E-state index contributed by atoms with van der Waals surface area (Å²) in [4.78, 5) is 43.1. The van der Waals surface area contributed by atoms with Gasteiger partial charge in [0, 0.05) is 23.3 Å². The summed E-state index contributed by atoms with van der Waals surface area (Å²) < 4.78 is 17.2. The molecule has 6 bridgehead atoms. The van der Waals surface area contributed by atoms with Crippen LogP contribution in [0.5, 0.6) is 0 Å². The van der Waals surface area contributed by atoms with Crippen LogP contribution in [0.1, 0.15) is 65.2 Å². The molecule has 180 valence electrons. The molecule has 9 unspecified atom stereocenters. The van der Waals surface area contributed by atoms with Crippen LogP contribution >= 0.6 is 0 Å². The molecular formula is C25H33NO7. The summed E-state index contributed by atoms with van der Waals surface area (Å²) in [5.41, 5.74) is 1.98. The molecule has 1 heterocycles. The molecule has 0 aromatic carbocycles. The second-order valence-electron chi connectivity index (χ2n) is 11.7. The fraction of sp³-hybridized carbons (Fsp3) is 0.800. The molecule has 1 aliphatic heterocycles. The summed E-state index contributed by atoms with van der Waals surface area (Å²) in [6.07, 6.45) is 5.65. The number of hydrogen-bond donors (Lipinski definition) is 1. The predicted molar refractivity (Wildman–Crippen MR) is 114 cm³/mol. The first kappa shape index (κ1) is 21.4. The van der Waals surface area contributed by atoms with Crippen LogP contribution in [0.25, 0.3) is 0 Å². The van der Waals surface area contributed by atoms with Crippen molar-refractivity contribution in [3.8, 4) is 0 Å². The van der Waals surface area contributed by atoms with Gasteiger partial charge in [-0.1, -0.05) is 6.58 Å². The number of rotatable bonds is 5. The fourth-order valence-corrected chi connectivity index (χ4v) is 8.21. The first-order valence-electron chi connectivity index (χ1n) is 12.4. The number of fused-ring (bicyclic) bond motifs is 2. The highest BCUT2D eigenvalue weighted by Gasteiger charge is 2.64. The van der Waals surface area contributed by atoms with E-state index in [2.05, 4.69) is 19.0 Å². The SMILES string of the molecule is C=C(C)C(=O)OC1(C)C2CCC3(ONC(=O)OC4C5OC(=O)C6C[C@@H]4CC65)CC(C2)CC1C3. The van der Waals surface area contributed by atoms with Crippen LogP contribution in [0.2, 0.25) is 0 Å². The third kappa shape index (κ3) is 3.23. The van der Waals surface area contributed by atoms with Gasteiger partial charge in [0.1, 0.15) is 17.8 Å². The molecule has 8 heteroatoms. The van der Waals surface area contributed by atoms with Crippen molar-refractivity contribution in [2.24, 2.45) is 35.5 Å². The van der Waals surface area contributed by atoms with Crippen LogP contribution in [0, 0.1) is 35.5 Å². The maximum atomic E-state index is 12.7. The van der Waals surface area contributed by atoms with Gasteiger partial charge >= 0.3 is 18.0 Å². The molecule has 6 aliphatic carbocycles. The van der Waals surface area contributed by atoms with Gasteiger partial charge in [-0.25, -0.2) is 9.59 Å². The first-order chi connectivity index (χ1) is 15.7. The quantitative estimate of drug-likeness (QED) is 0.291. The molecular weight excluding hydrogens is 426 g/mol. The predicted octanol–water partition coefficient (Wildman–Crippen LogP) is 3.44. The van der Waals surface area contributed by atoms with Crippen LogP contribution < -0.4 is 5.48 Å². The molecule has 1 amide bonds. The highest BCUT2D eigenvalue weighted by molar-refractivity contribution is 5.87. The number of ether oxygens (including phenoxy) is 3. The molecule has 6 saturated carbocycles. The fourth-order valence-electron chi connectivity index (χ4n) is 8.21. The molecule has 0 radical (unpaired) electrons. The molecule has 0 aromatic heterocycles. The lowest BCUT2D eigenvalue weighted by Crippen LogP contribution is -2.55. The van der Waals surface area contributed by atoms with Gasteiger partial charge in [0.2, 0.25) is 0 Å². The minimum absolute atomic E-state index is 0.0111. The number of esters is 2. The third-order valence-corrected chi connectivity index (χ3v) is 9.75. The summed E-state index contributed by atoms with van der Waals surface area (Å²) in [7, 11) is 0. The topological polar surface area (TPSA) is 100 Å². The largest absolute Gasteiger partial charge is 0.458 e. The Morgan fingerprint density at radius 2 is 1.94 bits per heavy atom. The maximum absolute atomic E-state index is 12.7. The zero-order valence-corrected chi connectivity index (χ0v) is 19.3. The normalized spacial score (nSPS) is 48.4. The van der Waals surface area contributed by atoms with E-state index in [9.17, 15) is 14.4 Å².